The molecule has 104 valence electrons. The highest BCUT2D eigenvalue weighted by molar-refractivity contribution is 5.37. The molecular weight excluding hydrogens is 244 g/mol. The molecule has 4 aliphatic carbocycles. The van der Waals surface area contributed by atoms with Crippen molar-refractivity contribution < 1.29 is 0 Å². The van der Waals surface area contributed by atoms with E-state index in [2.05, 4.69) is 46.6 Å². The van der Waals surface area contributed by atoms with Crippen molar-refractivity contribution in [3.05, 3.63) is 48.0 Å². The van der Waals surface area contributed by atoms with Crippen molar-refractivity contribution in [2.24, 2.45) is 23.7 Å². The van der Waals surface area contributed by atoms with Crippen molar-refractivity contribution in [3.63, 3.8) is 0 Å². The van der Waals surface area contributed by atoms with Gasteiger partial charge in [0.05, 0.1) is 5.41 Å². The van der Waals surface area contributed by atoms with Crippen molar-refractivity contribution in [1.29, 1.82) is 0 Å². The fourth-order valence-electron chi connectivity index (χ4n) is 6.13. The van der Waals surface area contributed by atoms with E-state index in [1.807, 2.05) is 0 Å². The van der Waals surface area contributed by atoms with Gasteiger partial charge >= 0.3 is 0 Å². The summed E-state index contributed by atoms with van der Waals surface area (Å²) in [5.41, 5.74) is 3.14. The normalized spacial score (nSPS) is 37.4. The lowest BCUT2D eigenvalue weighted by Gasteiger charge is -2.60. The summed E-state index contributed by atoms with van der Waals surface area (Å²) < 4.78 is 0. The molecule has 4 saturated carbocycles. The molecule has 2 aromatic rings. The van der Waals surface area contributed by atoms with Crippen LogP contribution in [0.3, 0.4) is 0 Å². The Morgan fingerprint density at radius 1 is 0.750 bits per heavy atom. The van der Waals surface area contributed by atoms with Crippen LogP contribution in [0.1, 0.15) is 43.5 Å². The fourth-order valence-corrected chi connectivity index (χ4v) is 6.13. The SMILES string of the molecule is c1c[nH]c(C2(c3ccc[nH]3)C3CC4CC(C3)CC2C4)c1. The van der Waals surface area contributed by atoms with Gasteiger partial charge in [-0.15, -0.1) is 0 Å². The standard InChI is InChI=1S/C18H22N2/c1-3-16(19-5-1)18(17-4-2-6-20-17)14-8-12-7-13(10-14)11-15(18)9-12/h1-6,12-15,19-20H,7-11H2. The highest BCUT2D eigenvalue weighted by atomic mass is 14.8. The van der Waals surface area contributed by atoms with Crippen molar-refractivity contribution in [3.8, 4) is 0 Å². The van der Waals surface area contributed by atoms with E-state index in [0.717, 1.165) is 23.7 Å². The largest absolute Gasteiger partial charge is 0.364 e. The van der Waals surface area contributed by atoms with Gasteiger partial charge in [0.2, 0.25) is 0 Å². The third-order valence-corrected chi connectivity index (χ3v) is 6.51. The molecule has 0 saturated heterocycles. The first-order valence-corrected chi connectivity index (χ1v) is 8.15. The van der Waals surface area contributed by atoms with E-state index in [1.54, 1.807) is 0 Å². The van der Waals surface area contributed by atoms with Crippen LogP contribution >= 0.6 is 0 Å². The topological polar surface area (TPSA) is 31.6 Å². The Morgan fingerprint density at radius 2 is 1.25 bits per heavy atom. The fraction of sp³-hybridized carbons (Fsp3) is 0.556. The Morgan fingerprint density at radius 3 is 1.65 bits per heavy atom. The summed E-state index contributed by atoms with van der Waals surface area (Å²) in [7, 11) is 0. The molecular formula is C18H22N2. The summed E-state index contributed by atoms with van der Waals surface area (Å²) in [5, 5.41) is 0. The van der Waals surface area contributed by atoms with Crippen LogP contribution in [0.5, 0.6) is 0 Å². The molecule has 2 heterocycles. The predicted molar refractivity (Wildman–Crippen MR) is 79.4 cm³/mol. The number of rotatable bonds is 2. The summed E-state index contributed by atoms with van der Waals surface area (Å²) in [6, 6.07) is 8.99. The minimum absolute atomic E-state index is 0.237. The van der Waals surface area contributed by atoms with Crippen molar-refractivity contribution in [2.45, 2.75) is 37.5 Å². The number of aromatic amines is 2. The first kappa shape index (κ1) is 11.2. The molecule has 2 heteroatoms. The van der Waals surface area contributed by atoms with Gasteiger partial charge in [-0.05, 0) is 80.0 Å². The summed E-state index contributed by atoms with van der Waals surface area (Å²) >= 11 is 0. The molecule has 2 N–H and O–H groups in total. The zero-order valence-electron chi connectivity index (χ0n) is 11.8. The second-order valence-electron chi connectivity index (χ2n) is 7.34. The Balaban J connectivity index is 1.73. The maximum Gasteiger partial charge on any atom is 0.0560 e. The summed E-state index contributed by atoms with van der Waals surface area (Å²) in [5.74, 6) is 3.68. The second kappa shape index (κ2) is 3.81. The van der Waals surface area contributed by atoms with Crippen molar-refractivity contribution in [1.82, 2.24) is 9.97 Å². The molecule has 0 spiro atoms. The molecule has 4 aliphatic rings. The van der Waals surface area contributed by atoms with E-state index < -0.39 is 0 Å². The Bertz CT molecular complexity index is 529. The van der Waals surface area contributed by atoms with Crippen LogP contribution in [0, 0.1) is 23.7 Å². The van der Waals surface area contributed by atoms with Crippen LogP contribution in [0.2, 0.25) is 0 Å². The molecule has 6 rings (SSSR count). The molecule has 4 fully saturated rings. The highest BCUT2D eigenvalue weighted by Gasteiger charge is 2.59. The van der Waals surface area contributed by atoms with E-state index in [9.17, 15) is 0 Å². The molecule has 4 bridgehead atoms. The number of nitrogens with one attached hydrogen (secondary N) is 2. The van der Waals surface area contributed by atoms with Gasteiger partial charge in [0.1, 0.15) is 0 Å². The number of aromatic nitrogens is 2. The molecule has 0 amide bonds. The molecule has 0 atom stereocenters. The lowest BCUT2D eigenvalue weighted by molar-refractivity contribution is -0.0449. The quantitative estimate of drug-likeness (QED) is 0.820. The van der Waals surface area contributed by atoms with Gasteiger partial charge in [0.15, 0.2) is 0 Å². The van der Waals surface area contributed by atoms with E-state index in [4.69, 9.17) is 0 Å². The zero-order chi connectivity index (χ0) is 13.2. The molecule has 20 heavy (non-hydrogen) atoms. The molecule has 2 aromatic heterocycles. The van der Waals surface area contributed by atoms with E-state index in [0.29, 0.717) is 0 Å². The average Bonchev–Trinajstić information content (AvgIpc) is 3.11. The first-order chi connectivity index (χ1) is 9.87. The lowest BCUT2D eigenvalue weighted by Crippen LogP contribution is -2.56. The maximum absolute atomic E-state index is 3.57. The van der Waals surface area contributed by atoms with Gasteiger partial charge in [0, 0.05) is 23.8 Å². The molecule has 0 radical (unpaired) electrons. The van der Waals surface area contributed by atoms with Gasteiger partial charge < -0.3 is 9.97 Å². The molecule has 0 aliphatic heterocycles. The third kappa shape index (κ3) is 1.25. The summed E-state index contributed by atoms with van der Waals surface area (Å²) in [6.07, 6.45) is 11.5. The van der Waals surface area contributed by atoms with E-state index in [-0.39, 0.29) is 5.41 Å². The van der Waals surface area contributed by atoms with Gasteiger partial charge in [-0.3, -0.25) is 0 Å². The molecule has 2 nitrogen and oxygen atoms in total. The van der Waals surface area contributed by atoms with E-state index >= 15 is 0 Å². The van der Waals surface area contributed by atoms with E-state index in [1.165, 1.54) is 43.5 Å². The Kier molecular flexibility index (Phi) is 2.14. The average molecular weight is 266 g/mol. The Hall–Kier alpha value is -1.44. The minimum Gasteiger partial charge on any atom is -0.364 e. The van der Waals surface area contributed by atoms with Crippen LogP contribution in [0.4, 0.5) is 0 Å². The van der Waals surface area contributed by atoms with Crippen LogP contribution in [-0.4, -0.2) is 9.97 Å². The lowest BCUT2D eigenvalue weighted by atomic mass is 9.43. The number of hydrogen-bond donors (Lipinski definition) is 2. The highest BCUT2D eigenvalue weighted by Crippen LogP contribution is 2.64. The van der Waals surface area contributed by atoms with Crippen molar-refractivity contribution in [2.75, 3.05) is 0 Å². The van der Waals surface area contributed by atoms with Crippen LogP contribution in [0.15, 0.2) is 36.7 Å². The smallest absolute Gasteiger partial charge is 0.0560 e. The summed E-state index contributed by atoms with van der Waals surface area (Å²) in [4.78, 5) is 7.15. The minimum atomic E-state index is 0.237. The molecule has 0 aromatic carbocycles. The van der Waals surface area contributed by atoms with Crippen LogP contribution < -0.4 is 0 Å². The van der Waals surface area contributed by atoms with Gasteiger partial charge in [-0.2, -0.15) is 0 Å². The number of H-pyrrole nitrogens is 2. The zero-order valence-corrected chi connectivity index (χ0v) is 11.8. The van der Waals surface area contributed by atoms with Gasteiger partial charge in [-0.25, -0.2) is 0 Å². The van der Waals surface area contributed by atoms with Crippen molar-refractivity contribution >= 4 is 0 Å². The first-order valence-electron chi connectivity index (χ1n) is 8.15. The van der Waals surface area contributed by atoms with Crippen LogP contribution in [-0.2, 0) is 5.41 Å². The molecule has 0 unspecified atom stereocenters. The second-order valence-corrected chi connectivity index (χ2v) is 7.34. The monoisotopic (exact) mass is 266 g/mol. The third-order valence-electron chi connectivity index (χ3n) is 6.51. The maximum atomic E-state index is 3.57. The predicted octanol–water partition coefficient (Wildman–Crippen LogP) is 4.09. The van der Waals surface area contributed by atoms with Crippen LogP contribution in [0.25, 0.3) is 0 Å². The van der Waals surface area contributed by atoms with Gasteiger partial charge in [-0.1, -0.05) is 0 Å². The van der Waals surface area contributed by atoms with Gasteiger partial charge in [0.25, 0.3) is 0 Å². The number of hydrogen-bond acceptors (Lipinski definition) is 0. The Labute approximate surface area is 120 Å². The summed E-state index contributed by atoms with van der Waals surface area (Å²) in [6.45, 7) is 0.